The zero-order valence-electron chi connectivity index (χ0n) is 37.4. The van der Waals surface area contributed by atoms with Gasteiger partial charge in [0.1, 0.15) is 0 Å². The van der Waals surface area contributed by atoms with E-state index in [1.807, 2.05) is 0 Å². The van der Waals surface area contributed by atoms with Gasteiger partial charge in [-0.15, -0.1) is 0 Å². The molecule has 0 saturated heterocycles. The minimum absolute atomic E-state index is 0.458. The first kappa shape index (κ1) is 37.3. The van der Waals surface area contributed by atoms with E-state index in [2.05, 4.69) is 218 Å². The molecule has 0 bridgehead atoms. The van der Waals surface area contributed by atoms with E-state index in [-0.39, 0.29) is 0 Å². The van der Waals surface area contributed by atoms with E-state index in [1.165, 1.54) is 133 Å². The van der Waals surface area contributed by atoms with Crippen molar-refractivity contribution in [3.63, 3.8) is 0 Å². The molecule has 310 valence electrons. The van der Waals surface area contributed by atoms with E-state index in [0.717, 1.165) is 12.8 Å². The van der Waals surface area contributed by atoms with Crippen LogP contribution in [0.1, 0.15) is 51.7 Å². The molecule has 64 heavy (non-hydrogen) atoms. The van der Waals surface area contributed by atoms with E-state index in [1.54, 1.807) is 0 Å². The van der Waals surface area contributed by atoms with Gasteiger partial charge in [-0.25, -0.2) is 0 Å². The van der Waals surface area contributed by atoms with Crippen LogP contribution in [0.5, 0.6) is 0 Å². The van der Waals surface area contributed by atoms with Crippen molar-refractivity contribution in [2.45, 2.75) is 54.4 Å². The van der Waals surface area contributed by atoms with Crippen LogP contribution in [0.4, 0.5) is 22.7 Å². The van der Waals surface area contributed by atoms with E-state index in [9.17, 15) is 0 Å². The highest BCUT2D eigenvalue weighted by Gasteiger charge is 2.30. The van der Waals surface area contributed by atoms with Gasteiger partial charge in [0.2, 0.25) is 0 Å². The minimum Gasteiger partial charge on any atom is -0.310 e. The SMILES string of the molecule is CC1=CCC(C)C=C1N(c1ccc(C)cc1)c1ccc2c3cc4c(cc3n3c5ccccc5c1c23)c1ccc(N(C2=CC(C)CC=C2C)c2ccc(C)cc2)c2c3ccccc3n4c12. The van der Waals surface area contributed by atoms with Gasteiger partial charge in [0, 0.05) is 65.9 Å². The third-order valence-electron chi connectivity index (χ3n) is 14.6. The topological polar surface area (TPSA) is 15.3 Å². The maximum absolute atomic E-state index is 2.56. The van der Waals surface area contributed by atoms with Crippen molar-refractivity contribution >= 4 is 98.9 Å². The fraction of sp³-hybridized carbons (Fsp3) is 0.167. The largest absolute Gasteiger partial charge is 0.310 e. The number of rotatable bonds is 6. The van der Waals surface area contributed by atoms with E-state index < -0.39 is 0 Å². The number of hydrogen-bond donors (Lipinski definition) is 0. The predicted molar refractivity (Wildman–Crippen MR) is 274 cm³/mol. The third-order valence-corrected chi connectivity index (χ3v) is 14.6. The number of allylic oxidation sites excluding steroid dienone is 6. The van der Waals surface area contributed by atoms with Gasteiger partial charge in [0.15, 0.2) is 0 Å². The molecule has 4 heteroatoms. The fourth-order valence-corrected chi connectivity index (χ4v) is 11.4. The molecule has 0 saturated carbocycles. The molecule has 4 heterocycles. The van der Waals surface area contributed by atoms with Crippen LogP contribution >= 0.6 is 0 Å². The lowest BCUT2D eigenvalue weighted by molar-refractivity contribution is 0.718. The maximum Gasteiger partial charge on any atom is 0.0641 e. The van der Waals surface area contributed by atoms with Gasteiger partial charge >= 0.3 is 0 Å². The second-order valence-electron chi connectivity index (χ2n) is 18.9. The summed E-state index contributed by atoms with van der Waals surface area (Å²) in [5, 5.41) is 10.3. The zero-order chi connectivity index (χ0) is 43.1. The van der Waals surface area contributed by atoms with E-state index in [4.69, 9.17) is 0 Å². The molecule has 0 radical (unpaired) electrons. The number of nitrogens with zero attached hydrogens (tertiary/aromatic N) is 4. The lowest BCUT2D eigenvalue weighted by Crippen LogP contribution is -2.20. The Balaban J connectivity index is 1.11. The van der Waals surface area contributed by atoms with Crippen LogP contribution in [0, 0.1) is 25.7 Å². The first-order valence-electron chi connectivity index (χ1n) is 23.1. The highest BCUT2D eigenvalue weighted by Crippen LogP contribution is 2.51. The summed E-state index contributed by atoms with van der Waals surface area (Å²) in [5.41, 5.74) is 20.0. The number of anilines is 4. The molecule has 4 aromatic heterocycles. The predicted octanol–water partition coefficient (Wildman–Crippen LogP) is 16.6. The summed E-state index contributed by atoms with van der Waals surface area (Å²) in [6, 6.07) is 50.8. The molecule has 13 rings (SSSR count). The smallest absolute Gasteiger partial charge is 0.0641 e. The maximum atomic E-state index is 2.56. The molecule has 2 unspecified atom stereocenters. The van der Waals surface area contributed by atoms with Crippen molar-refractivity contribution in [2.24, 2.45) is 11.8 Å². The van der Waals surface area contributed by atoms with Crippen LogP contribution in [-0.4, -0.2) is 8.80 Å². The normalized spacial score (nSPS) is 17.2. The lowest BCUT2D eigenvalue weighted by atomic mass is 9.94. The second kappa shape index (κ2) is 13.6. The van der Waals surface area contributed by atoms with Crippen molar-refractivity contribution in [1.29, 1.82) is 0 Å². The molecule has 2 aliphatic rings. The number of para-hydroxylation sites is 2. The molecule has 11 aromatic rings. The zero-order valence-corrected chi connectivity index (χ0v) is 37.4. The molecule has 0 spiro atoms. The Morgan fingerprint density at radius 2 is 0.828 bits per heavy atom. The third kappa shape index (κ3) is 5.17. The number of fused-ring (bicyclic) bond motifs is 12. The molecular formula is C60H50N4. The second-order valence-corrected chi connectivity index (χ2v) is 18.9. The van der Waals surface area contributed by atoms with Crippen LogP contribution in [-0.2, 0) is 0 Å². The van der Waals surface area contributed by atoms with Crippen LogP contribution < -0.4 is 9.80 Å². The Hall–Kier alpha value is -7.30. The van der Waals surface area contributed by atoms with Crippen molar-refractivity contribution < 1.29 is 0 Å². The van der Waals surface area contributed by atoms with Gasteiger partial charge in [-0.2, -0.15) is 0 Å². The summed E-state index contributed by atoms with van der Waals surface area (Å²) in [4.78, 5) is 5.05. The highest BCUT2D eigenvalue weighted by atomic mass is 15.2. The van der Waals surface area contributed by atoms with Crippen LogP contribution in [0.2, 0.25) is 0 Å². The van der Waals surface area contributed by atoms with Gasteiger partial charge in [-0.3, -0.25) is 0 Å². The first-order chi connectivity index (χ1) is 31.2. The number of aryl methyl sites for hydroxylation is 2. The molecule has 2 atom stereocenters. The van der Waals surface area contributed by atoms with Crippen LogP contribution in [0.15, 0.2) is 180 Å². The molecule has 0 amide bonds. The van der Waals surface area contributed by atoms with Gasteiger partial charge in [0.25, 0.3) is 0 Å². The first-order valence-corrected chi connectivity index (χ1v) is 23.1. The molecule has 4 nitrogen and oxygen atoms in total. The summed E-state index contributed by atoms with van der Waals surface area (Å²) in [6.45, 7) is 13.6. The Morgan fingerprint density at radius 1 is 0.422 bits per heavy atom. The highest BCUT2D eigenvalue weighted by molar-refractivity contribution is 6.32. The monoisotopic (exact) mass is 826 g/mol. The Morgan fingerprint density at radius 3 is 1.25 bits per heavy atom. The molecule has 0 N–H and O–H groups in total. The molecule has 7 aromatic carbocycles. The van der Waals surface area contributed by atoms with Crippen LogP contribution in [0.25, 0.3) is 76.2 Å². The van der Waals surface area contributed by atoms with Crippen LogP contribution in [0.3, 0.4) is 0 Å². The molecular weight excluding hydrogens is 777 g/mol. The van der Waals surface area contributed by atoms with Crippen molar-refractivity contribution in [2.75, 3.05) is 9.80 Å². The molecule has 0 fully saturated rings. The number of benzene rings is 7. The quantitative estimate of drug-likeness (QED) is 0.166. The lowest BCUT2D eigenvalue weighted by Gasteiger charge is -2.32. The average Bonchev–Trinajstić information content (AvgIpc) is 4.03. The van der Waals surface area contributed by atoms with Crippen molar-refractivity contribution in [1.82, 2.24) is 8.80 Å². The van der Waals surface area contributed by atoms with Gasteiger partial charge in [-0.1, -0.05) is 122 Å². The minimum atomic E-state index is 0.458. The standard InChI is InChI=1S/C60H50N4/c1-35-17-23-41(24-18-35)61(53-31-37(3)15-21-39(53)5)51-29-27-43-47-33-56-48(34-55(47)63-49-13-9-7-11-45(49)57(51)59(43)63)44-28-30-52(58-46-12-8-10-14-50(46)64(56)60(44)58)62(42-25-19-36(2)20-26-42)54-32-38(4)16-22-40(54)6/h7-14,17-34,37-38H,15-16H2,1-6H3. The fourth-order valence-electron chi connectivity index (χ4n) is 11.4. The Kier molecular flexibility index (Phi) is 7.92. The number of aromatic nitrogens is 2. The summed E-state index contributed by atoms with van der Waals surface area (Å²) in [6.07, 6.45) is 11.9. The Bertz CT molecular complexity index is 3590. The summed E-state index contributed by atoms with van der Waals surface area (Å²) >= 11 is 0. The van der Waals surface area contributed by atoms with E-state index in [0.29, 0.717) is 11.8 Å². The van der Waals surface area contributed by atoms with Gasteiger partial charge in [0.05, 0.1) is 44.5 Å². The van der Waals surface area contributed by atoms with Gasteiger partial charge < -0.3 is 18.6 Å². The summed E-state index contributed by atoms with van der Waals surface area (Å²) in [5.74, 6) is 0.917. The van der Waals surface area contributed by atoms with Crippen molar-refractivity contribution in [3.05, 3.63) is 191 Å². The molecule has 2 aliphatic carbocycles. The number of hydrogen-bond acceptors (Lipinski definition) is 2. The van der Waals surface area contributed by atoms with Crippen molar-refractivity contribution in [3.8, 4) is 0 Å². The van der Waals surface area contributed by atoms with Gasteiger partial charge in [-0.05, 0) is 124 Å². The average molecular weight is 827 g/mol. The van der Waals surface area contributed by atoms with E-state index >= 15 is 0 Å². The summed E-state index contributed by atoms with van der Waals surface area (Å²) < 4.78 is 5.13. The summed E-state index contributed by atoms with van der Waals surface area (Å²) in [7, 11) is 0. The Labute approximate surface area is 373 Å². The molecule has 0 aliphatic heterocycles.